The number of nitrogens with zero attached hydrogens (tertiary/aromatic N) is 3. The molecule has 0 bridgehead atoms. The van der Waals surface area contributed by atoms with Crippen molar-refractivity contribution in [3.05, 3.63) is 30.0 Å². The fourth-order valence-electron chi connectivity index (χ4n) is 2.13. The molecular weight excluding hydrogens is 242 g/mol. The number of carboxylic acids is 1. The Labute approximate surface area is 113 Å². The number of anilines is 1. The summed E-state index contributed by atoms with van der Waals surface area (Å²) < 4.78 is 0. The monoisotopic (exact) mass is 261 g/mol. The molecule has 1 aliphatic rings. The van der Waals surface area contributed by atoms with Crippen molar-refractivity contribution in [2.24, 2.45) is 0 Å². The normalized spacial score (nSPS) is 17.6. The molecule has 1 N–H and O–H groups in total. The van der Waals surface area contributed by atoms with Crippen LogP contribution in [0.1, 0.15) is 12.0 Å². The van der Waals surface area contributed by atoms with Crippen LogP contribution >= 0.6 is 0 Å². The van der Waals surface area contributed by atoms with Crippen LogP contribution in [0.2, 0.25) is 0 Å². The van der Waals surface area contributed by atoms with Crippen LogP contribution in [0.15, 0.2) is 24.4 Å². The molecule has 0 amide bonds. The summed E-state index contributed by atoms with van der Waals surface area (Å²) in [4.78, 5) is 19.4. The van der Waals surface area contributed by atoms with Crippen LogP contribution < -0.4 is 4.90 Å². The first kappa shape index (κ1) is 13.5. The molecule has 1 aromatic rings. The molecule has 5 heteroatoms. The van der Waals surface area contributed by atoms with Gasteiger partial charge in [-0.15, -0.1) is 0 Å². The van der Waals surface area contributed by atoms with E-state index in [1.54, 1.807) is 12.3 Å². The summed E-state index contributed by atoms with van der Waals surface area (Å²) in [6, 6.07) is 3.85. The van der Waals surface area contributed by atoms with Gasteiger partial charge in [-0.3, -0.25) is 0 Å². The number of carboxylic acid groups (broad SMARTS) is 1. The van der Waals surface area contributed by atoms with Gasteiger partial charge in [-0.1, -0.05) is 0 Å². The molecule has 0 aromatic carbocycles. The molecule has 0 saturated carbocycles. The number of pyridine rings is 1. The van der Waals surface area contributed by atoms with Gasteiger partial charge in [0.15, 0.2) is 0 Å². The van der Waals surface area contributed by atoms with Crippen molar-refractivity contribution >= 4 is 17.9 Å². The maximum Gasteiger partial charge on any atom is 0.328 e. The molecule has 0 spiro atoms. The molecule has 1 aromatic heterocycles. The Kier molecular flexibility index (Phi) is 4.52. The third kappa shape index (κ3) is 4.06. The summed E-state index contributed by atoms with van der Waals surface area (Å²) in [6.07, 6.45) is 5.52. The van der Waals surface area contributed by atoms with Crippen molar-refractivity contribution < 1.29 is 9.90 Å². The number of aromatic nitrogens is 1. The molecule has 0 atom stereocenters. The Morgan fingerprint density at radius 2 is 2.16 bits per heavy atom. The molecule has 1 saturated heterocycles. The van der Waals surface area contributed by atoms with E-state index in [2.05, 4.69) is 21.8 Å². The van der Waals surface area contributed by atoms with Gasteiger partial charge in [0, 0.05) is 31.9 Å². The molecular formula is C14H19N3O2. The predicted molar refractivity (Wildman–Crippen MR) is 75.2 cm³/mol. The van der Waals surface area contributed by atoms with Crippen molar-refractivity contribution in [3.8, 4) is 0 Å². The zero-order valence-corrected chi connectivity index (χ0v) is 11.1. The van der Waals surface area contributed by atoms with E-state index in [-0.39, 0.29) is 0 Å². The van der Waals surface area contributed by atoms with Crippen molar-refractivity contribution in [1.82, 2.24) is 9.88 Å². The second-order valence-electron chi connectivity index (χ2n) is 4.77. The number of hydrogen-bond donors (Lipinski definition) is 1. The third-order valence-corrected chi connectivity index (χ3v) is 3.23. The summed E-state index contributed by atoms with van der Waals surface area (Å²) >= 11 is 0. The average molecular weight is 261 g/mol. The number of aliphatic carboxylic acids is 1. The topological polar surface area (TPSA) is 56.7 Å². The third-order valence-electron chi connectivity index (χ3n) is 3.23. The van der Waals surface area contributed by atoms with Crippen molar-refractivity contribution in [2.75, 3.05) is 38.1 Å². The van der Waals surface area contributed by atoms with E-state index in [1.165, 1.54) is 0 Å². The van der Waals surface area contributed by atoms with Gasteiger partial charge in [0.25, 0.3) is 0 Å². The second-order valence-corrected chi connectivity index (χ2v) is 4.77. The summed E-state index contributed by atoms with van der Waals surface area (Å²) in [5.74, 6) is 0.0161. The fourth-order valence-corrected chi connectivity index (χ4v) is 2.13. The first-order chi connectivity index (χ1) is 9.15. The van der Waals surface area contributed by atoms with Gasteiger partial charge >= 0.3 is 5.97 Å². The lowest BCUT2D eigenvalue weighted by atomic mass is 10.2. The lowest BCUT2D eigenvalue weighted by Crippen LogP contribution is -2.29. The molecule has 1 fully saturated rings. The molecule has 19 heavy (non-hydrogen) atoms. The van der Waals surface area contributed by atoms with Gasteiger partial charge in [-0.25, -0.2) is 9.78 Å². The maximum atomic E-state index is 10.4. The van der Waals surface area contributed by atoms with E-state index in [9.17, 15) is 4.79 Å². The Morgan fingerprint density at radius 1 is 1.32 bits per heavy atom. The van der Waals surface area contributed by atoms with Crippen LogP contribution in [0.4, 0.5) is 5.82 Å². The number of hydrogen-bond acceptors (Lipinski definition) is 4. The molecule has 0 radical (unpaired) electrons. The van der Waals surface area contributed by atoms with Gasteiger partial charge < -0.3 is 14.9 Å². The average Bonchev–Trinajstić information content (AvgIpc) is 2.62. The Hall–Kier alpha value is -1.88. The lowest BCUT2D eigenvalue weighted by molar-refractivity contribution is -0.131. The zero-order chi connectivity index (χ0) is 13.7. The standard InChI is InChI=1S/C14H19N3O2/c1-16-7-2-8-17(10-9-16)13-5-3-12(11-15-13)4-6-14(18)19/h3-6,11H,2,7-10H2,1H3,(H,18,19)/b6-4+. The van der Waals surface area contributed by atoms with Crippen molar-refractivity contribution in [1.29, 1.82) is 0 Å². The molecule has 102 valence electrons. The summed E-state index contributed by atoms with van der Waals surface area (Å²) in [5.41, 5.74) is 0.804. The lowest BCUT2D eigenvalue weighted by Gasteiger charge is -2.21. The highest BCUT2D eigenvalue weighted by atomic mass is 16.4. The van der Waals surface area contributed by atoms with Gasteiger partial charge in [0.2, 0.25) is 0 Å². The zero-order valence-electron chi connectivity index (χ0n) is 11.1. The molecule has 2 rings (SSSR count). The first-order valence-electron chi connectivity index (χ1n) is 6.46. The Morgan fingerprint density at radius 3 is 2.84 bits per heavy atom. The van der Waals surface area contributed by atoms with E-state index in [0.29, 0.717) is 0 Å². The summed E-state index contributed by atoms with van der Waals surface area (Å²) in [5, 5.41) is 8.57. The highest BCUT2D eigenvalue weighted by Gasteiger charge is 2.13. The van der Waals surface area contributed by atoms with Gasteiger partial charge in [-0.2, -0.15) is 0 Å². The minimum absolute atomic E-state index is 0.804. The fraction of sp³-hybridized carbons (Fsp3) is 0.429. The van der Waals surface area contributed by atoms with Gasteiger partial charge in [0.1, 0.15) is 5.82 Å². The smallest absolute Gasteiger partial charge is 0.328 e. The first-order valence-corrected chi connectivity index (χ1v) is 6.46. The second kappa shape index (κ2) is 6.33. The van der Waals surface area contributed by atoms with Crippen LogP contribution in [-0.2, 0) is 4.79 Å². The highest BCUT2D eigenvalue weighted by molar-refractivity contribution is 5.85. The summed E-state index contributed by atoms with van der Waals surface area (Å²) in [7, 11) is 2.14. The summed E-state index contributed by atoms with van der Waals surface area (Å²) in [6.45, 7) is 4.16. The van der Waals surface area contributed by atoms with Gasteiger partial charge in [0.05, 0.1) is 0 Å². The molecule has 0 unspecified atom stereocenters. The van der Waals surface area contributed by atoms with Gasteiger partial charge in [-0.05, 0) is 43.8 Å². The largest absolute Gasteiger partial charge is 0.478 e. The minimum atomic E-state index is -0.945. The minimum Gasteiger partial charge on any atom is -0.478 e. The van der Waals surface area contributed by atoms with Crippen LogP contribution in [-0.4, -0.2) is 54.2 Å². The van der Waals surface area contributed by atoms with E-state index in [1.807, 2.05) is 12.1 Å². The van der Waals surface area contributed by atoms with Crippen molar-refractivity contribution in [3.63, 3.8) is 0 Å². The molecule has 5 nitrogen and oxygen atoms in total. The van der Waals surface area contributed by atoms with E-state index < -0.39 is 5.97 Å². The Balaban J connectivity index is 2.03. The van der Waals surface area contributed by atoms with Crippen LogP contribution in [0.5, 0.6) is 0 Å². The molecule has 1 aliphatic heterocycles. The highest BCUT2D eigenvalue weighted by Crippen LogP contribution is 2.14. The van der Waals surface area contributed by atoms with Crippen LogP contribution in [0.25, 0.3) is 6.08 Å². The number of likely N-dealkylation sites (N-methyl/N-ethyl adjacent to an activating group) is 1. The van der Waals surface area contributed by atoms with E-state index >= 15 is 0 Å². The van der Waals surface area contributed by atoms with Crippen LogP contribution in [0, 0.1) is 0 Å². The quantitative estimate of drug-likeness (QED) is 0.832. The maximum absolute atomic E-state index is 10.4. The van der Waals surface area contributed by atoms with Crippen LogP contribution in [0.3, 0.4) is 0 Å². The Bertz CT molecular complexity index is 456. The molecule has 2 heterocycles. The van der Waals surface area contributed by atoms with Crippen molar-refractivity contribution in [2.45, 2.75) is 6.42 Å². The van der Waals surface area contributed by atoms with E-state index in [4.69, 9.17) is 5.11 Å². The number of rotatable bonds is 3. The SMILES string of the molecule is CN1CCCN(c2ccc(/C=C/C(=O)O)cn2)CC1. The number of carbonyl (C=O) groups is 1. The molecule has 0 aliphatic carbocycles. The predicted octanol–water partition coefficient (Wildman–Crippen LogP) is 1.32. The van der Waals surface area contributed by atoms with E-state index in [0.717, 1.165) is 50.1 Å².